The molecular formula is C16H17F5O4. The zero-order valence-corrected chi connectivity index (χ0v) is 13.5. The van der Waals surface area contributed by atoms with E-state index in [-0.39, 0.29) is 13.0 Å². The molecule has 0 spiro atoms. The summed E-state index contributed by atoms with van der Waals surface area (Å²) in [7, 11) is 0. The molecular weight excluding hydrogens is 351 g/mol. The third-order valence-corrected chi connectivity index (χ3v) is 3.22. The fourth-order valence-corrected chi connectivity index (χ4v) is 1.82. The number of benzene rings is 1. The maximum atomic E-state index is 13.4. The number of carbonyl (C=O) groups is 2. The molecule has 0 amide bonds. The molecule has 0 atom stereocenters. The fraction of sp³-hybridized carbons (Fsp3) is 0.500. The van der Waals surface area contributed by atoms with E-state index in [1.165, 1.54) is 0 Å². The van der Waals surface area contributed by atoms with Gasteiger partial charge in [0.1, 0.15) is 6.61 Å². The summed E-state index contributed by atoms with van der Waals surface area (Å²) < 4.78 is 74.9. The number of hydrogen-bond acceptors (Lipinski definition) is 4. The van der Waals surface area contributed by atoms with Crippen molar-refractivity contribution in [1.82, 2.24) is 0 Å². The molecule has 1 rings (SSSR count). The largest absolute Gasteiger partial charge is 0.466 e. The highest BCUT2D eigenvalue weighted by atomic mass is 19.2. The summed E-state index contributed by atoms with van der Waals surface area (Å²) in [5.41, 5.74) is -1.26. The summed E-state index contributed by atoms with van der Waals surface area (Å²) in [5.74, 6) is -12.4. The highest BCUT2D eigenvalue weighted by molar-refractivity contribution is 5.77. The molecule has 0 saturated carbocycles. The summed E-state index contributed by atoms with van der Waals surface area (Å²) >= 11 is 0. The minimum Gasteiger partial charge on any atom is -0.466 e. The molecule has 1 aromatic carbocycles. The van der Waals surface area contributed by atoms with Crippen LogP contribution in [0.4, 0.5) is 22.0 Å². The van der Waals surface area contributed by atoms with E-state index in [0.29, 0.717) is 6.42 Å². The topological polar surface area (TPSA) is 52.6 Å². The Labute approximate surface area is 140 Å². The summed E-state index contributed by atoms with van der Waals surface area (Å²) in [5, 5.41) is 0. The lowest BCUT2D eigenvalue weighted by atomic mass is 10.2. The molecule has 0 aliphatic rings. The van der Waals surface area contributed by atoms with Gasteiger partial charge in [-0.2, -0.15) is 0 Å². The van der Waals surface area contributed by atoms with Crippen LogP contribution in [-0.4, -0.2) is 18.5 Å². The number of rotatable bonds is 9. The minimum atomic E-state index is -2.30. The molecule has 1 aromatic rings. The van der Waals surface area contributed by atoms with Gasteiger partial charge in [-0.05, 0) is 6.42 Å². The molecule has 0 heterocycles. The van der Waals surface area contributed by atoms with Crippen LogP contribution in [0.1, 0.15) is 44.6 Å². The predicted molar refractivity (Wildman–Crippen MR) is 75.7 cm³/mol. The summed E-state index contributed by atoms with van der Waals surface area (Å²) in [6.07, 6.45) is 1.76. The molecule has 0 saturated heterocycles. The van der Waals surface area contributed by atoms with Crippen molar-refractivity contribution in [2.24, 2.45) is 0 Å². The Morgan fingerprint density at radius 3 is 1.76 bits per heavy atom. The van der Waals surface area contributed by atoms with Crippen molar-refractivity contribution < 1.29 is 41.0 Å². The smallest absolute Gasteiger partial charge is 0.306 e. The predicted octanol–water partition coefficient (Wildman–Crippen LogP) is 3.94. The Bertz CT molecular complexity index is 604. The second-order valence-electron chi connectivity index (χ2n) is 5.14. The van der Waals surface area contributed by atoms with Crippen molar-refractivity contribution in [2.45, 2.75) is 45.6 Å². The van der Waals surface area contributed by atoms with Crippen LogP contribution in [0, 0.1) is 29.1 Å². The van der Waals surface area contributed by atoms with Gasteiger partial charge in [-0.25, -0.2) is 22.0 Å². The molecule has 0 unspecified atom stereocenters. The normalized spacial score (nSPS) is 10.6. The van der Waals surface area contributed by atoms with Crippen LogP contribution in [0.3, 0.4) is 0 Å². The van der Waals surface area contributed by atoms with Crippen molar-refractivity contribution in [3.63, 3.8) is 0 Å². The first kappa shape index (κ1) is 20.9. The van der Waals surface area contributed by atoms with Gasteiger partial charge in [-0.15, -0.1) is 0 Å². The van der Waals surface area contributed by atoms with Gasteiger partial charge < -0.3 is 9.47 Å². The number of halogens is 5. The molecule has 0 aliphatic heterocycles. The molecule has 0 aromatic heterocycles. The van der Waals surface area contributed by atoms with E-state index in [1.807, 2.05) is 6.92 Å². The van der Waals surface area contributed by atoms with Gasteiger partial charge in [0.15, 0.2) is 23.3 Å². The maximum Gasteiger partial charge on any atom is 0.306 e. The number of hydrogen-bond donors (Lipinski definition) is 0. The van der Waals surface area contributed by atoms with Crippen molar-refractivity contribution in [1.29, 1.82) is 0 Å². The Morgan fingerprint density at radius 1 is 0.760 bits per heavy atom. The van der Waals surface area contributed by atoms with Crippen LogP contribution in [0.2, 0.25) is 0 Å². The van der Waals surface area contributed by atoms with E-state index in [0.717, 1.165) is 12.8 Å². The van der Waals surface area contributed by atoms with Gasteiger partial charge in [-0.3, -0.25) is 9.59 Å². The molecule has 0 aliphatic carbocycles. The molecule has 0 N–H and O–H groups in total. The Kier molecular flexibility index (Phi) is 8.30. The van der Waals surface area contributed by atoms with Gasteiger partial charge in [0.2, 0.25) is 5.82 Å². The van der Waals surface area contributed by atoms with Crippen LogP contribution in [0.15, 0.2) is 0 Å². The highest BCUT2D eigenvalue weighted by Gasteiger charge is 2.26. The molecule has 25 heavy (non-hydrogen) atoms. The highest BCUT2D eigenvalue weighted by Crippen LogP contribution is 2.23. The summed E-state index contributed by atoms with van der Waals surface area (Å²) in [6, 6.07) is 0. The van der Waals surface area contributed by atoms with Gasteiger partial charge in [-0.1, -0.05) is 19.8 Å². The van der Waals surface area contributed by atoms with Crippen LogP contribution >= 0.6 is 0 Å². The molecule has 4 nitrogen and oxygen atoms in total. The SMILES string of the molecule is CCCCCOC(=O)CCC(=O)OCc1c(F)c(F)c(F)c(F)c1F. The van der Waals surface area contributed by atoms with E-state index in [2.05, 4.69) is 4.74 Å². The molecule has 0 fully saturated rings. The van der Waals surface area contributed by atoms with Gasteiger partial charge in [0.25, 0.3) is 0 Å². The Morgan fingerprint density at radius 2 is 1.24 bits per heavy atom. The zero-order chi connectivity index (χ0) is 19.0. The van der Waals surface area contributed by atoms with Crippen LogP contribution in [0.25, 0.3) is 0 Å². The van der Waals surface area contributed by atoms with Gasteiger partial charge in [0.05, 0.1) is 25.0 Å². The number of ether oxygens (including phenoxy) is 2. The van der Waals surface area contributed by atoms with E-state index >= 15 is 0 Å². The minimum absolute atomic E-state index is 0.215. The van der Waals surface area contributed by atoms with Crippen LogP contribution in [0.5, 0.6) is 0 Å². The van der Waals surface area contributed by atoms with Crippen molar-refractivity contribution in [2.75, 3.05) is 6.61 Å². The quantitative estimate of drug-likeness (QED) is 0.218. The van der Waals surface area contributed by atoms with Gasteiger partial charge in [0, 0.05) is 0 Å². The molecule has 0 bridgehead atoms. The summed E-state index contributed by atoms with van der Waals surface area (Å²) in [6.45, 7) is 1.05. The first-order valence-corrected chi connectivity index (χ1v) is 7.61. The maximum absolute atomic E-state index is 13.4. The lowest BCUT2D eigenvalue weighted by Gasteiger charge is -2.09. The van der Waals surface area contributed by atoms with Gasteiger partial charge >= 0.3 is 11.9 Å². The third kappa shape index (κ3) is 5.99. The van der Waals surface area contributed by atoms with Crippen molar-refractivity contribution in [3.8, 4) is 0 Å². The standard InChI is InChI=1S/C16H17F5O4/c1-2-3-4-7-24-10(22)5-6-11(23)25-8-9-12(17)14(19)16(21)15(20)13(9)18/h2-8H2,1H3. The molecule has 9 heteroatoms. The van der Waals surface area contributed by atoms with Crippen molar-refractivity contribution in [3.05, 3.63) is 34.6 Å². The zero-order valence-electron chi connectivity index (χ0n) is 13.5. The number of esters is 2. The van der Waals surface area contributed by atoms with Crippen LogP contribution < -0.4 is 0 Å². The first-order chi connectivity index (χ1) is 11.8. The fourth-order valence-electron chi connectivity index (χ4n) is 1.82. The first-order valence-electron chi connectivity index (χ1n) is 7.61. The molecule has 0 radical (unpaired) electrons. The number of carbonyl (C=O) groups excluding carboxylic acids is 2. The summed E-state index contributed by atoms with van der Waals surface area (Å²) in [4.78, 5) is 22.7. The van der Waals surface area contributed by atoms with Crippen molar-refractivity contribution >= 4 is 11.9 Å². The van der Waals surface area contributed by atoms with E-state index < -0.39 is 59.6 Å². The second kappa shape index (κ2) is 9.95. The second-order valence-corrected chi connectivity index (χ2v) is 5.14. The Balaban J connectivity index is 2.49. The number of unbranched alkanes of at least 4 members (excludes halogenated alkanes) is 2. The van der Waals surface area contributed by atoms with E-state index in [9.17, 15) is 31.5 Å². The Hall–Kier alpha value is -2.19. The molecule has 140 valence electrons. The average molecular weight is 368 g/mol. The third-order valence-electron chi connectivity index (χ3n) is 3.22. The van der Waals surface area contributed by atoms with E-state index in [4.69, 9.17) is 4.74 Å². The lowest BCUT2D eigenvalue weighted by Crippen LogP contribution is -2.13. The monoisotopic (exact) mass is 368 g/mol. The average Bonchev–Trinajstić information content (AvgIpc) is 2.60. The van der Waals surface area contributed by atoms with E-state index in [1.54, 1.807) is 0 Å². The lowest BCUT2D eigenvalue weighted by molar-refractivity contribution is -0.151. The van der Waals surface area contributed by atoms with Crippen LogP contribution in [-0.2, 0) is 25.7 Å².